The zero-order chi connectivity index (χ0) is 16.0. The van der Waals surface area contributed by atoms with Gasteiger partial charge in [-0.2, -0.15) is 0 Å². The van der Waals surface area contributed by atoms with Crippen molar-refractivity contribution in [3.63, 3.8) is 0 Å². The van der Waals surface area contributed by atoms with Crippen molar-refractivity contribution in [3.05, 3.63) is 60.4 Å². The third-order valence-corrected chi connectivity index (χ3v) is 3.94. The number of rotatable bonds is 2. The van der Waals surface area contributed by atoms with Gasteiger partial charge in [-0.3, -0.25) is 0 Å². The molecule has 114 valence electrons. The molecule has 0 atom stereocenters. The first-order chi connectivity index (χ1) is 11.1. The molecule has 0 aliphatic carbocycles. The van der Waals surface area contributed by atoms with Crippen LogP contribution in [-0.4, -0.2) is 19.1 Å². The van der Waals surface area contributed by atoms with E-state index in [2.05, 4.69) is 28.1 Å². The average Bonchev–Trinajstić information content (AvgIpc) is 2.96. The Hall–Kier alpha value is -2.88. The molecule has 0 spiro atoms. The highest BCUT2D eigenvalue weighted by molar-refractivity contribution is 5.89. The Kier molecular flexibility index (Phi) is 3.05. The number of anilines is 1. The van der Waals surface area contributed by atoms with Crippen molar-refractivity contribution >= 4 is 27.6 Å². The van der Waals surface area contributed by atoms with Gasteiger partial charge in [-0.1, -0.05) is 12.1 Å². The summed E-state index contributed by atoms with van der Waals surface area (Å²) < 4.78 is 19.0. The van der Waals surface area contributed by atoms with E-state index in [0.29, 0.717) is 17.0 Å². The van der Waals surface area contributed by atoms with Gasteiger partial charge < -0.3 is 9.32 Å². The van der Waals surface area contributed by atoms with E-state index in [9.17, 15) is 4.39 Å². The summed E-state index contributed by atoms with van der Waals surface area (Å²) in [6.07, 6.45) is 0. The van der Waals surface area contributed by atoms with E-state index in [1.54, 1.807) is 6.07 Å². The molecule has 3 nitrogen and oxygen atoms in total. The van der Waals surface area contributed by atoms with Crippen LogP contribution in [0.3, 0.4) is 0 Å². The second-order valence-electron chi connectivity index (χ2n) is 5.77. The van der Waals surface area contributed by atoms with Gasteiger partial charge in [0.2, 0.25) is 5.89 Å². The Morgan fingerprint density at radius 3 is 2.52 bits per heavy atom. The highest BCUT2D eigenvalue weighted by Gasteiger charge is 2.10. The molecule has 4 aromatic rings. The van der Waals surface area contributed by atoms with E-state index < -0.39 is 0 Å². The quantitative estimate of drug-likeness (QED) is 0.530. The number of fused-ring (bicyclic) bond motifs is 2. The number of aromatic nitrogens is 1. The third-order valence-electron chi connectivity index (χ3n) is 3.94. The van der Waals surface area contributed by atoms with Crippen LogP contribution in [0.5, 0.6) is 0 Å². The van der Waals surface area contributed by atoms with Gasteiger partial charge in [-0.05, 0) is 47.2 Å². The monoisotopic (exact) mass is 306 g/mol. The Balaban J connectivity index is 1.82. The molecule has 0 aliphatic rings. The van der Waals surface area contributed by atoms with Gasteiger partial charge in [-0.25, -0.2) is 9.37 Å². The minimum atomic E-state index is -0.313. The summed E-state index contributed by atoms with van der Waals surface area (Å²) in [6, 6.07) is 16.7. The van der Waals surface area contributed by atoms with Gasteiger partial charge in [0.15, 0.2) is 5.58 Å². The fourth-order valence-corrected chi connectivity index (χ4v) is 2.67. The fraction of sp³-hybridized carbons (Fsp3) is 0.105. The number of halogens is 1. The maximum atomic E-state index is 13.3. The number of oxazole rings is 1. The topological polar surface area (TPSA) is 29.3 Å². The second kappa shape index (κ2) is 5.09. The van der Waals surface area contributed by atoms with Crippen molar-refractivity contribution < 1.29 is 8.81 Å². The van der Waals surface area contributed by atoms with Crippen molar-refractivity contribution in [2.75, 3.05) is 19.0 Å². The predicted octanol–water partition coefficient (Wildman–Crippen LogP) is 4.85. The molecule has 0 radical (unpaired) electrons. The van der Waals surface area contributed by atoms with Crippen LogP contribution in [0.25, 0.3) is 33.3 Å². The molecule has 4 heteroatoms. The van der Waals surface area contributed by atoms with Gasteiger partial charge >= 0.3 is 0 Å². The Morgan fingerprint density at radius 2 is 1.70 bits per heavy atom. The van der Waals surface area contributed by atoms with E-state index in [0.717, 1.165) is 22.0 Å². The van der Waals surface area contributed by atoms with Crippen LogP contribution < -0.4 is 4.90 Å². The number of hydrogen-bond donors (Lipinski definition) is 0. The van der Waals surface area contributed by atoms with Crippen molar-refractivity contribution in [2.24, 2.45) is 0 Å². The molecule has 0 amide bonds. The van der Waals surface area contributed by atoms with Crippen LogP contribution in [0.1, 0.15) is 0 Å². The normalized spacial score (nSPS) is 11.3. The molecule has 0 fully saturated rings. The predicted molar refractivity (Wildman–Crippen MR) is 91.2 cm³/mol. The second-order valence-corrected chi connectivity index (χ2v) is 5.77. The highest BCUT2D eigenvalue weighted by Crippen LogP contribution is 2.29. The lowest BCUT2D eigenvalue weighted by atomic mass is 10.1. The van der Waals surface area contributed by atoms with Crippen LogP contribution in [0.4, 0.5) is 10.1 Å². The molecular formula is C19H15FN2O. The van der Waals surface area contributed by atoms with Crippen molar-refractivity contribution in [1.29, 1.82) is 0 Å². The Labute approximate surface area is 133 Å². The Bertz CT molecular complexity index is 1020. The number of benzene rings is 3. The molecule has 3 aromatic carbocycles. The summed E-state index contributed by atoms with van der Waals surface area (Å²) >= 11 is 0. The zero-order valence-electron chi connectivity index (χ0n) is 12.9. The summed E-state index contributed by atoms with van der Waals surface area (Å²) in [7, 11) is 4.04. The lowest BCUT2D eigenvalue weighted by Gasteiger charge is -2.13. The summed E-state index contributed by atoms with van der Waals surface area (Å²) in [5, 5.41) is 2.27. The van der Waals surface area contributed by atoms with Crippen molar-refractivity contribution in [3.8, 4) is 11.5 Å². The summed E-state index contributed by atoms with van der Waals surface area (Å²) in [6.45, 7) is 0. The maximum absolute atomic E-state index is 13.3. The van der Waals surface area contributed by atoms with Gasteiger partial charge in [-0.15, -0.1) is 0 Å². The molecule has 0 N–H and O–H groups in total. The number of hydrogen-bond acceptors (Lipinski definition) is 3. The third kappa shape index (κ3) is 2.42. The zero-order valence-corrected chi connectivity index (χ0v) is 12.9. The first-order valence-electron chi connectivity index (χ1n) is 7.38. The molecule has 0 unspecified atom stereocenters. The van der Waals surface area contributed by atoms with E-state index in [1.165, 1.54) is 12.1 Å². The summed E-state index contributed by atoms with van der Waals surface area (Å²) in [5.41, 5.74) is 3.15. The average molecular weight is 306 g/mol. The van der Waals surface area contributed by atoms with E-state index in [-0.39, 0.29) is 5.82 Å². The smallest absolute Gasteiger partial charge is 0.227 e. The van der Waals surface area contributed by atoms with Gasteiger partial charge in [0.25, 0.3) is 0 Å². The highest BCUT2D eigenvalue weighted by atomic mass is 19.1. The lowest BCUT2D eigenvalue weighted by molar-refractivity contribution is 0.614. The fourth-order valence-electron chi connectivity index (χ4n) is 2.67. The van der Waals surface area contributed by atoms with E-state index in [4.69, 9.17) is 4.42 Å². The number of nitrogens with zero attached hydrogens (tertiary/aromatic N) is 2. The Morgan fingerprint density at radius 1 is 0.913 bits per heavy atom. The standard InChI is InChI=1S/C19H15FN2O/c1-22(2)16-7-5-12-9-14(4-3-13(12)10-16)19-21-17-11-15(20)6-8-18(17)23-19/h3-11H,1-2H3. The van der Waals surface area contributed by atoms with E-state index >= 15 is 0 Å². The van der Waals surface area contributed by atoms with Crippen molar-refractivity contribution in [1.82, 2.24) is 4.98 Å². The van der Waals surface area contributed by atoms with Crippen LogP contribution >= 0.6 is 0 Å². The molecule has 23 heavy (non-hydrogen) atoms. The molecular weight excluding hydrogens is 291 g/mol. The van der Waals surface area contributed by atoms with Gasteiger partial charge in [0.05, 0.1) is 0 Å². The SMILES string of the molecule is CN(C)c1ccc2cc(-c3nc4cc(F)ccc4o3)ccc2c1. The van der Waals surface area contributed by atoms with Crippen LogP contribution in [0, 0.1) is 5.82 Å². The van der Waals surface area contributed by atoms with Crippen LogP contribution in [-0.2, 0) is 0 Å². The first-order valence-corrected chi connectivity index (χ1v) is 7.38. The molecule has 4 rings (SSSR count). The minimum absolute atomic E-state index is 0.313. The molecule has 0 bridgehead atoms. The summed E-state index contributed by atoms with van der Waals surface area (Å²) in [5.74, 6) is 0.191. The molecule has 0 saturated heterocycles. The molecule has 1 aromatic heterocycles. The maximum Gasteiger partial charge on any atom is 0.227 e. The van der Waals surface area contributed by atoms with Gasteiger partial charge in [0, 0.05) is 31.4 Å². The van der Waals surface area contributed by atoms with Crippen molar-refractivity contribution in [2.45, 2.75) is 0 Å². The molecule has 1 heterocycles. The van der Waals surface area contributed by atoms with E-state index in [1.807, 2.05) is 32.3 Å². The van der Waals surface area contributed by atoms with Crippen LogP contribution in [0.15, 0.2) is 59.0 Å². The largest absolute Gasteiger partial charge is 0.436 e. The van der Waals surface area contributed by atoms with Crippen LogP contribution in [0.2, 0.25) is 0 Å². The molecule has 0 aliphatic heterocycles. The summed E-state index contributed by atoms with van der Waals surface area (Å²) in [4.78, 5) is 6.45. The van der Waals surface area contributed by atoms with Gasteiger partial charge in [0.1, 0.15) is 11.3 Å². The lowest BCUT2D eigenvalue weighted by Crippen LogP contribution is -2.07. The molecule has 0 saturated carbocycles. The minimum Gasteiger partial charge on any atom is -0.436 e. The first kappa shape index (κ1) is 13.8.